The Morgan fingerprint density at radius 3 is 2.70 bits per heavy atom. The molecule has 11 heteroatoms. The molecule has 0 saturated heterocycles. The van der Waals surface area contributed by atoms with Crippen LogP contribution >= 0.6 is 0 Å². The maximum atomic E-state index is 13.9. The highest BCUT2D eigenvalue weighted by Gasteiger charge is 2.34. The smallest absolute Gasteiger partial charge is 0.422 e. The van der Waals surface area contributed by atoms with Crippen molar-refractivity contribution in [2.75, 3.05) is 6.61 Å². The second kappa shape index (κ2) is 11.0. The third-order valence-corrected chi connectivity index (χ3v) is 6.67. The van der Waals surface area contributed by atoms with Gasteiger partial charge in [-0.3, -0.25) is 14.8 Å². The van der Waals surface area contributed by atoms with Gasteiger partial charge in [-0.25, -0.2) is 9.37 Å². The normalized spacial score (nSPS) is 14.1. The van der Waals surface area contributed by atoms with Gasteiger partial charge in [0.25, 0.3) is 11.6 Å². The maximum Gasteiger partial charge on any atom is 0.422 e. The third-order valence-electron chi connectivity index (χ3n) is 6.67. The minimum Gasteiger partial charge on any atom is -0.468 e. The van der Waals surface area contributed by atoms with E-state index in [4.69, 9.17) is 14.6 Å². The van der Waals surface area contributed by atoms with Crippen molar-refractivity contribution in [3.05, 3.63) is 101 Å². The van der Waals surface area contributed by atoms with Crippen molar-refractivity contribution in [2.45, 2.75) is 38.5 Å². The largest absolute Gasteiger partial charge is 0.468 e. The molecule has 5 rings (SSSR count). The number of rotatable bonds is 9. The van der Waals surface area contributed by atoms with E-state index in [1.807, 2.05) is 0 Å². The fourth-order valence-corrected chi connectivity index (χ4v) is 4.56. The predicted octanol–water partition coefficient (Wildman–Crippen LogP) is 5.94. The number of amides is 1. The molecule has 2 aromatic heterocycles. The summed E-state index contributed by atoms with van der Waals surface area (Å²) in [5.74, 6) is -0.734. The van der Waals surface area contributed by atoms with Crippen LogP contribution in [-0.4, -0.2) is 28.2 Å². The van der Waals surface area contributed by atoms with Crippen LogP contribution < -0.4 is 15.7 Å². The second-order valence-corrected chi connectivity index (χ2v) is 9.81. The third kappa shape index (κ3) is 6.41. The lowest BCUT2D eigenvalue weighted by Gasteiger charge is -2.20. The molecule has 1 atom stereocenters. The first kappa shape index (κ1) is 27.2. The van der Waals surface area contributed by atoms with E-state index < -0.39 is 18.7 Å². The Morgan fingerprint density at radius 1 is 1.23 bits per heavy atom. The van der Waals surface area contributed by atoms with E-state index >= 15 is 0 Å². The number of nitrogens with one attached hydrogen (secondary N) is 2. The molecule has 0 aliphatic heterocycles. The van der Waals surface area contributed by atoms with Gasteiger partial charge in [-0.1, -0.05) is 12.1 Å². The number of halogens is 4. The van der Waals surface area contributed by atoms with Gasteiger partial charge in [-0.05, 0) is 84.3 Å². The molecule has 40 heavy (non-hydrogen) atoms. The fourth-order valence-electron chi connectivity index (χ4n) is 4.56. The number of aromatic nitrogens is 2. The first-order valence-electron chi connectivity index (χ1n) is 12.6. The van der Waals surface area contributed by atoms with Gasteiger partial charge in [0.2, 0.25) is 5.88 Å². The monoisotopic (exact) mass is 554 g/mol. The number of pyridine rings is 1. The minimum atomic E-state index is -4.55. The van der Waals surface area contributed by atoms with Gasteiger partial charge in [0.15, 0.2) is 6.61 Å². The number of oxazole rings is 1. The lowest BCUT2D eigenvalue weighted by molar-refractivity contribution is -0.154. The van der Waals surface area contributed by atoms with Crippen molar-refractivity contribution in [3.63, 3.8) is 0 Å². The lowest BCUT2D eigenvalue weighted by Crippen LogP contribution is -2.30. The van der Waals surface area contributed by atoms with Crippen LogP contribution in [0.25, 0.3) is 11.1 Å². The quantitative estimate of drug-likeness (QED) is 0.251. The summed E-state index contributed by atoms with van der Waals surface area (Å²) in [5, 5.41) is 11.0. The van der Waals surface area contributed by atoms with Gasteiger partial charge in [0.05, 0.1) is 12.6 Å². The summed E-state index contributed by atoms with van der Waals surface area (Å²) in [6.45, 7) is 0.323. The van der Waals surface area contributed by atoms with E-state index in [9.17, 15) is 22.4 Å². The Morgan fingerprint density at radius 2 is 2.02 bits per heavy atom. The van der Waals surface area contributed by atoms with E-state index in [1.54, 1.807) is 55.6 Å². The molecule has 0 spiro atoms. The lowest BCUT2D eigenvalue weighted by atomic mass is 9.97. The van der Waals surface area contributed by atoms with Gasteiger partial charge in [0, 0.05) is 23.5 Å². The van der Waals surface area contributed by atoms with Crippen molar-refractivity contribution in [1.29, 1.82) is 5.41 Å². The van der Waals surface area contributed by atoms with Crippen molar-refractivity contribution in [1.82, 2.24) is 14.9 Å². The number of nitrogens with zero attached hydrogens (tertiary/aromatic N) is 2. The molecule has 1 aliphatic carbocycles. The number of benzene rings is 2. The molecule has 1 fully saturated rings. The number of hydrogen-bond acceptors (Lipinski definition) is 5. The highest BCUT2D eigenvalue weighted by Crippen LogP contribution is 2.41. The molecule has 0 unspecified atom stereocenters. The zero-order chi connectivity index (χ0) is 28.4. The highest BCUT2D eigenvalue weighted by molar-refractivity contribution is 5.96. The van der Waals surface area contributed by atoms with Gasteiger partial charge < -0.3 is 14.5 Å². The molecule has 2 aromatic carbocycles. The number of aryl methyl sites for hydroxylation is 1. The van der Waals surface area contributed by atoms with Crippen molar-refractivity contribution in [2.24, 2.45) is 5.92 Å². The highest BCUT2D eigenvalue weighted by atomic mass is 19.4. The maximum absolute atomic E-state index is 13.9. The van der Waals surface area contributed by atoms with Crippen LogP contribution in [0.15, 0.2) is 71.6 Å². The van der Waals surface area contributed by atoms with E-state index in [1.165, 1.54) is 23.1 Å². The Kier molecular flexibility index (Phi) is 7.46. The van der Waals surface area contributed by atoms with Gasteiger partial charge in [0.1, 0.15) is 12.1 Å². The van der Waals surface area contributed by atoms with Gasteiger partial charge >= 0.3 is 6.18 Å². The average molecular weight is 555 g/mol. The Balaban J connectivity index is 1.51. The number of carbonyl (C=O) groups is 1. The minimum absolute atomic E-state index is 0.104. The van der Waals surface area contributed by atoms with E-state index in [0.29, 0.717) is 16.7 Å². The zero-order valence-electron chi connectivity index (χ0n) is 21.5. The molecule has 7 nitrogen and oxygen atoms in total. The summed E-state index contributed by atoms with van der Waals surface area (Å²) in [6, 6.07) is 12.5. The second-order valence-electron chi connectivity index (χ2n) is 9.81. The van der Waals surface area contributed by atoms with Crippen LogP contribution in [0.5, 0.6) is 5.88 Å². The van der Waals surface area contributed by atoms with E-state index in [-0.39, 0.29) is 47.0 Å². The molecule has 1 amide bonds. The average Bonchev–Trinajstić information content (AvgIpc) is 3.69. The number of ether oxygens (including phenoxy) is 1. The summed E-state index contributed by atoms with van der Waals surface area (Å²) < 4.78 is 64.1. The van der Waals surface area contributed by atoms with Gasteiger partial charge in [-0.2, -0.15) is 13.2 Å². The van der Waals surface area contributed by atoms with Crippen LogP contribution in [0.2, 0.25) is 0 Å². The molecule has 1 saturated carbocycles. The molecule has 1 aliphatic rings. The van der Waals surface area contributed by atoms with Crippen LogP contribution in [0, 0.1) is 24.1 Å². The summed E-state index contributed by atoms with van der Waals surface area (Å²) >= 11 is 0. The SMILES string of the molecule is Cc1cc([C@@H](NC(=O)c2cc(Cn3ccoc3=N)cc(-c3cccnc3OCC(F)(F)F)c2)C2CC2)ccc1F. The Hall–Kier alpha value is -4.41. The summed E-state index contributed by atoms with van der Waals surface area (Å²) in [6.07, 6.45) is 1.54. The van der Waals surface area contributed by atoms with E-state index in [2.05, 4.69) is 10.3 Å². The number of carbonyl (C=O) groups excluding carboxylic acids is 1. The standard InChI is InChI=1S/C29H26F4N4O3/c1-17-11-20(6-7-24(17)30)25(19-4-5-19)36-26(38)22-13-18(15-37-9-10-39-28(37)34)12-21(14-22)23-3-2-8-35-27(23)40-16-29(31,32)33/h2-3,6-14,19,25,34H,4-5,15-16H2,1H3,(H,36,38)/t25-/m0/s1. The Labute approximate surface area is 226 Å². The molecule has 2 N–H and O–H groups in total. The first-order chi connectivity index (χ1) is 19.1. The molecular formula is C29H26F4N4O3. The van der Waals surface area contributed by atoms with Crippen molar-refractivity contribution in [3.8, 4) is 17.0 Å². The fraction of sp³-hybridized carbons (Fsp3) is 0.276. The molecule has 0 radical (unpaired) electrons. The topological polar surface area (TPSA) is 93.1 Å². The van der Waals surface area contributed by atoms with Crippen LogP contribution in [0.3, 0.4) is 0 Å². The van der Waals surface area contributed by atoms with E-state index in [0.717, 1.165) is 18.4 Å². The molecule has 208 valence electrons. The van der Waals surface area contributed by atoms with Crippen LogP contribution in [-0.2, 0) is 6.54 Å². The number of hydrogen-bond donors (Lipinski definition) is 2. The van der Waals surface area contributed by atoms with Crippen molar-refractivity contribution >= 4 is 5.91 Å². The summed E-state index contributed by atoms with van der Waals surface area (Å²) in [7, 11) is 0. The molecule has 4 aromatic rings. The molecule has 0 bridgehead atoms. The van der Waals surface area contributed by atoms with Gasteiger partial charge in [-0.15, -0.1) is 0 Å². The summed E-state index contributed by atoms with van der Waals surface area (Å²) in [5.41, 5.74) is 2.74. The van der Waals surface area contributed by atoms with Crippen LogP contribution in [0.1, 0.15) is 45.9 Å². The first-order valence-corrected chi connectivity index (χ1v) is 12.6. The summed E-state index contributed by atoms with van der Waals surface area (Å²) in [4.78, 5) is 17.6. The zero-order valence-corrected chi connectivity index (χ0v) is 21.5. The number of alkyl halides is 3. The molecular weight excluding hydrogens is 528 g/mol. The Bertz CT molecular complexity index is 1590. The van der Waals surface area contributed by atoms with Crippen molar-refractivity contribution < 1.29 is 31.5 Å². The van der Waals surface area contributed by atoms with Crippen LogP contribution in [0.4, 0.5) is 17.6 Å². The molecule has 2 heterocycles. The predicted molar refractivity (Wildman–Crippen MR) is 137 cm³/mol.